The first-order chi connectivity index (χ1) is 7.13. The summed E-state index contributed by atoms with van der Waals surface area (Å²) in [6.07, 6.45) is 0.124. The van der Waals surface area contributed by atoms with Crippen molar-refractivity contribution in [3.05, 3.63) is 34.6 Å². The average Bonchev–Trinajstić information content (AvgIpc) is 2.20. The predicted octanol–water partition coefficient (Wildman–Crippen LogP) is 3.34. The van der Waals surface area contributed by atoms with Crippen molar-refractivity contribution >= 4 is 29.1 Å². The van der Waals surface area contributed by atoms with Gasteiger partial charge in [-0.1, -0.05) is 18.5 Å². The molecule has 1 aromatic rings. The summed E-state index contributed by atoms with van der Waals surface area (Å²) < 4.78 is 13.2. The topological polar surface area (TPSA) is 17.1 Å². The lowest BCUT2D eigenvalue weighted by Crippen LogP contribution is -2.07. The van der Waals surface area contributed by atoms with Crippen LogP contribution < -0.4 is 0 Å². The van der Waals surface area contributed by atoms with Gasteiger partial charge in [0.15, 0.2) is 0 Å². The highest BCUT2D eigenvalue weighted by Gasteiger charge is 2.08. The second kappa shape index (κ2) is 6.13. The van der Waals surface area contributed by atoms with Crippen molar-refractivity contribution in [1.82, 2.24) is 0 Å². The maximum absolute atomic E-state index is 13.2. The zero-order valence-corrected chi connectivity index (χ0v) is 10.00. The van der Waals surface area contributed by atoms with Crippen LogP contribution in [0.15, 0.2) is 18.2 Å². The molecule has 0 spiro atoms. The van der Waals surface area contributed by atoms with Gasteiger partial charge in [0.2, 0.25) is 0 Å². The van der Waals surface area contributed by atoms with Gasteiger partial charge in [-0.3, -0.25) is 4.79 Å². The molecular weight excluding hydrogens is 235 g/mol. The Hall–Kier alpha value is -0.540. The molecule has 4 heteroatoms. The summed E-state index contributed by atoms with van der Waals surface area (Å²) in [5, 5.41) is 0.461. The van der Waals surface area contributed by atoms with Gasteiger partial charge in [-0.25, -0.2) is 4.39 Å². The number of rotatable bonds is 5. The van der Waals surface area contributed by atoms with Crippen molar-refractivity contribution in [3.8, 4) is 0 Å². The molecule has 82 valence electrons. The van der Waals surface area contributed by atoms with Crippen LogP contribution in [0.25, 0.3) is 0 Å². The first-order valence-corrected chi connectivity index (χ1v) is 6.20. The summed E-state index contributed by atoms with van der Waals surface area (Å²) in [6, 6.07) is 4.27. The van der Waals surface area contributed by atoms with E-state index in [0.717, 1.165) is 5.75 Å². The Morgan fingerprint density at radius 1 is 1.53 bits per heavy atom. The SMILES string of the molecule is CCSCC(=O)Cc1cc(Cl)ccc1F. The lowest BCUT2D eigenvalue weighted by Gasteiger charge is -2.02. The molecule has 1 rings (SSSR count). The molecule has 0 radical (unpaired) electrons. The van der Waals surface area contributed by atoms with Gasteiger partial charge in [0.1, 0.15) is 11.6 Å². The van der Waals surface area contributed by atoms with E-state index in [-0.39, 0.29) is 18.0 Å². The van der Waals surface area contributed by atoms with Gasteiger partial charge in [-0.2, -0.15) is 11.8 Å². The molecule has 0 saturated heterocycles. The van der Waals surface area contributed by atoms with Crippen LogP contribution in [0, 0.1) is 5.82 Å². The van der Waals surface area contributed by atoms with E-state index in [1.807, 2.05) is 6.92 Å². The van der Waals surface area contributed by atoms with Crippen LogP contribution in [0.3, 0.4) is 0 Å². The number of hydrogen-bond donors (Lipinski definition) is 0. The molecule has 0 heterocycles. The van der Waals surface area contributed by atoms with Gasteiger partial charge in [0.05, 0.1) is 5.75 Å². The summed E-state index contributed by atoms with van der Waals surface area (Å²) in [6.45, 7) is 1.98. The molecule has 1 aromatic carbocycles. The van der Waals surface area contributed by atoms with Gasteiger partial charge >= 0.3 is 0 Å². The molecule has 15 heavy (non-hydrogen) atoms. The fourth-order valence-corrected chi connectivity index (χ4v) is 1.89. The maximum atomic E-state index is 13.2. The second-order valence-electron chi connectivity index (χ2n) is 3.09. The second-order valence-corrected chi connectivity index (χ2v) is 4.80. The molecular formula is C11H12ClFOS. The lowest BCUT2D eigenvalue weighted by molar-refractivity contribution is -0.116. The molecule has 0 saturated carbocycles. The molecule has 0 unspecified atom stereocenters. The van der Waals surface area contributed by atoms with E-state index >= 15 is 0 Å². The van der Waals surface area contributed by atoms with E-state index in [1.54, 1.807) is 11.8 Å². The van der Waals surface area contributed by atoms with Gasteiger partial charge in [0.25, 0.3) is 0 Å². The van der Waals surface area contributed by atoms with Gasteiger partial charge in [-0.15, -0.1) is 0 Å². The highest BCUT2D eigenvalue weighted by atomic mass is 35.5. The molecule has 0 aliphatic heterocycles. The zero-order valence-electron chi connectivity index (χ0n) is 8.43. The van der Waals surface area contributed by atoms with E-state index in [4.69, 9.17) is 11.6 Å². The highest BCUT2D eigenvalue weighted by molar-refractivity contribution is 7.99. The number of ketones is 1. The maximum Gasteiger partial charge on any atom is 0.147 e. The smallest absolute Gasteiger partial charge is 0.147 e. The van der Waals surface area contributed by atoms with Crippen LogP contribution in [-0.2, 0) is 11.2 Å². The number of halogens is 2. The van der Waals surface area contributed by atoms with Crippen molar-refractivity contribution in [3.63, 3.8) is 0 Å². The molecule has 0 aliphatic carbocycles. The van der Waals surface area contributed by atoms with Crippen molar-refractivity contribution in [2.45, 2.75) is 13.3 Å². The Kier molecular flexibility index (Phi) is 5.12. The van der Waals surface area contributed by atoms with Crippen LogP contribution >= 0.6 is 23.4 Å². The van der Waals surface area contributed by atoms with Crippen molar-refractivity contribution < 1.29 is 9.18 Å². The quantitative estimate of drug-likeness (QED) is 0.793. The third-order valence-electron chi connectivity index (χ3n) is 1.86. The minimum Gasteiger partial charge on any atom is -0.298 e. The Bertz CT molecular complexity index is 354. The van der Waals surface area contributed by atoms with E-state index in [1.165, 1.54) is 18.2 Å². The fraction of sp³-hybridized carbons (Fsp3) is 0.364. The van der Waals surface area contributed by atoms with Crippen molar-refractivity contribution in [2.24, 2.45) is 0 Å². The first-order valence-electron chi connectivity index (χ1n) is 4.67. The van der Waals surface area contributed by atoms with Crippen LogP contribution in [0.2, 0.25) is 5.02 Å². The molecule has 0 amide bonds. The average molecular weight is 247 g/mol. The Labute approximate surface area is 98.0 Å². The van der Waals surface area contributed by atoms with E-state index < -0.39 is 0 Å². The lowest BCUT2D eigenvalue weighted by atomic mass is 10.1. The summed E-state index contributed by atoms with van der Waals surface area (Å²) >= 11 is 7.26. The first kappa shape index (κ1) is 12.5. The summed E-state index contributed by atoms with van der Waals surface area (Å²) in [7, 11) is 0. The standard InChI is InChI=1S/C11H12ClFOS/c1-2-15-7-10(14)6-8-5-9(12)3-4-11(8)13/h3-5H,2,6-7H2,1H3. The molecule has 0 aromatic heterocycles. The molecule has 0 fully saturated rings. The van der Waals surface area contributed by atoms with E-state index in [0.29, 0.717) is 16.3 Å². The molecule has 1 nitrogen and oxygen atoms in total. The van der Waals surface area contributed by atoms with Crippen LogP contribution in [0.4, 0.5) is 4.39 Å². The Balaban J connectivity index is 2.63. The number of Topliss-reactive ketones (excluding diaryl/α,β-unsaturated/α-hetero) is 1. The van der Waals surface area contributed by atoms with Crippen LogP contribution in [0.1, 0.15) is 12.5 Å². The number of benzene rings is 1. The predicted molar refractivity (Wildman–Crippen MR) is 63.1 cm³/mol. The summed E-state index contributed by atoms with van der Waals surface area (Å²) in [5.41, 5.74) is 0.379. The van der Waals surface area contributed by atoms with Crippen molar-refractivity contribution in [1.29, 1.82) is 0 Å². The van der Waals surface area contributed by atoms with Gasteiger partial charge < -0.3 is 0 Å². The van der Waals surface area contributed by atoms with Crippen LogP contribution in [-0.4, -0.2) is 17.3 Å². The number of carbonyl (C=O) groups is 1. The van der Waals surface area contributed by atoms with Gasteiger partial charge in [-0.05, 0) is 29.5 Å². The zero-order chi connectivity index (χ0) is 11.3. The molecule has 0 atom stereocenters. The molecule has 0 aliphatic rings. The highest BCUT2D eigenvalue weighted by Crippen LogP contribution is 2.16. The number of carbonyl (C=O) groups excluding carboxylic acids is 1. The number of thioether (sulfide) groups is 1. The van der Waals surface area contributed by atoms with E-state index in [9.17, 15) is 9.18 Å². The Morgan fingerprint density at radius 2 is 2.27 bits per heavy atom. The third kappa shape index (κ3) is 4.22. The minimum atomic E-state index is -0.366. The fourth-order valence-electron chi connectivity index (χ4n) is 1.16. The summed E-state index contributed by atoms with van der Waals surface area (Å²) in [4.78, 5) is 11.4. The Morgan fingerprint density at radius 3 is 2.93 bits per heavy atom. The third-order valence-corrected chi connectivity index (χ3v) is 3.03. The van der Waals surface area contributed by atoms with Gasteiger partial charge in [0, 0.05) is 11.4 Å². The number of hydrogen-bond acceptors (Lipinski definition) is 2. The molecule has 0 bridgehead atoms. The largest absolute Gasteiger partial charge is 0.298 e. The van der Waals surface area contributed by atoms with Crippen molar-refractivity contribution in [2.75, 3.05) is 11.5 Å². The molecule has 0 N–H and O–H groups in total. The summed E-state index contributed by atoms with van der Waals surface area (Å²) in [5.74, 6) is 0.990. The monoisotopic (exact) mass is 246 g/mol. The normalized spacial score (nSPS) is 10.3. The van der Waals surface area contributed by atoms with Crippen LogP contribution in [0.5, 0.6) is 0 Å². The minimum absolute atomic E-state index is 0.0306. The van der Waals surface area contributed by atoms with E-state index in [2.05, 4.69) is 0 Å².